The summed E-state index contributed by atoms with van der Waals surface area (Å²) in [6.07, 6.45) is 0. The lowest BCUT2D eigenvalue weighted by atomic mass is 9.92. The topological polar surface area (TPSA) is 82.4 Å². The molecule has 0 aromatic heterocycles. The van der Waals surface area contributed by atoms with Gasteiger partial charge in [-0.05, 0) is 19.4 Å². The predicted molar refractivity (Wildman–Crippen MR) is 69.7 cm³/mol. The molecule has 1 rings (SSSR count). The van der Waals surface area contributed by atoms with Crippen LogP contribution in [0.25, 0.3) is 0 Å². The molecule has 6 heteroatoms. The third-order valence-electron chi connectivity index (χ3n) is 2.70. The first kappa shape index (κ1) is 15.4. The summed E-state index contributed by atoms with van der Waals surface area (Å²) >= 11 is 6.17. The highest BCUT2D eigenvalue weighted by atomic mass is 35.5. The molecule has 0 radical (unpaired) electrons. The Bertz CT molecular complexity index is 484. The normalized spacial score (nSPS) is 15.1. The first-order valence-electron chi connectivity index (χ1n) is 5.72. The van der Waals surface area contributed by atoms with Crippen molar-refractivity contribution in [3.8, 4) is 6.07 Å². The summed E-state index contributed by atoms with van der Waals surface area (Å²) in [5, 5.41) is 17.3. The van der Waals surface area contributed by atoms with Gasteiger partial charge >= 0.3 is 5.97 Å². The van der Waals surface area contributed by atoms with Gasteiger partial charge in [0.25, 0.3) is 0 Å². The molecule has 5 nitrogen and oxygen atoms in total. The van der Waals surface area contributed by atoms with Crippen molar-refractivity contribution < 1.29 is 14.7 Å². The highest BCUT2D eigenvalue weighted by Gasteiger charge is 2.48. The van der Waals surface area contributed by atoms with E-state index < -0.39 is 16.9 Å². The zero-order valence-corrected chi connectivity index (χ0v) is 11.4. The molecule has 0 saturated heterocycles. The van der Waals surface area contributed by atoms with Crippen LogP contribution in [0, 0.1) is 18.3 Å². The number of rotatable bonds is 5. The number of hydrogen-bond donors (Lipinski definition) is 2. The molecular formula is C13H15ClN2O3. The summed E-state index contributed by atoms with van der Waals surface area (Å²) in [5.41, 5.74) is 1.21. The van der Waals surface area contributed by atoms with Crippen LogP contribution in [-0.4, -0.2) is 23.3 Å². The molecule has 2 unspecified atom stereocenters. The second-order valence-electron chi connectivity index (χ2n) is 4.03. The van der Waals surface area contributed by atoms with E-state index in [4.69, 9.17) is 16.3 Å². The number of ether oxygens (including phenoxy) is 1. The quantitative estimate of drug-likeness (QED) is 0.491. The van der Waals surface area contributed by atoms with Crippen LogP contribution in [0.3, 0.4) is 0 Å². The average Bonchev–Trinajstić information content (AvgIpc) is 2.41. The number of hydroxylamine groups is 1. The molecular weight excluding hydrogens is 268 g/mol. The number of hydrogen-bond acceptors (Lipinski definition) is 5. The van der Waals surface area contributed by atoms with Gasteiger partial charge in [-0.3, -0.25) is 0 Å². The van der Waals surface area contributed by atoms with Gasteiger partial charge in [-0.25, -0.2) is 4.79 Å². The maximum absolute atomic E-state index is 11.9. The van der Waals surface area contributed by atoms with Crippen LogP contribution >= 0.6 is 11.6 Å². The van der Waals surface area contributed by atoms with E-state index in [1.165, 1.54) is 0 Å². The molecule has 0 fully saturated rings. The Morgan fingerprint density at radius 1 is 1.58 bits per heavy atom. The van der Waals surface area contributed by atoms with Crippen molar-refractivity contribution in [3.63, 3.8) is 0 Å². The number of halogens is 1. The number of aryl methyl sites for hydroxylation is 1. The Balaban J connectivity index is 3.15. The van der Waals surface area contributed by atoms with Crippen molar-refractivity contribution >= 4 is 17.6 Å². The highest BCUT2D eigenvalue weighted by Crippen LogP contribution is 2.33. The number of nitrogens with one attached hydrogen (secondary N) is 1. The lowest BCUT2D eigenvalue weighted by molar-refractivity contribution is -0.152. The number of nitriles is 1. The number of carbonyl (C=O) groups excluding carboxylic acids is 1. The van der Waals surface area contributed by atoms with Crippen molar-refractivity contribution in [2.45, 2.75) is 24.8 Å². The van der Waals surface area contributed by atoms with Crippen LogP contribution in [0.1, 0.15) is 23.4 Å². The SMILES string of the molecule is CCOC(=O)C(C#N)(NO)C(Cl)c1ccc(C)cc1. The zero-order valence-electron chi connectivity index (χ0n) is 10.7. The molecule has 0 bridgehead atoms. The Labute approximate surface area is 116 Å². The van der Waals surface area contributed by atoms with Gasteiger partial charge in [0, 0.05) is 0 Å². The molecule has 0 heterocycles. The summed E-state index contributed by atoms with van der Waals surface area (Å²) in [4.78, 5) is 11.9. The van der Waals surface area contributed by atoms with E-state index >= 15 is 0 Å². The van der Waals surface area contributed by atoms with Crippen molar-refractivity contribution in [3.05, 3.63) is 35.4 Å². The summed E-state index contributed by atoms with van der Waals surface area (Å²) in [7, 11) is 0. The molecule has 0 aliphatic carbocycles. The standard InChI is InChI=1S/C13H15ClN2O3/c1-3-19-12(17)13(8-15,16-18)11(14)10-6-4-9(2)5-7-10/h4-7,11,16,18H,3H2,1-2H3. The summed E-state index contributed by atoms with van der Waals surface area (Å²) in [5.74, 6) is -0.916. The number of esters is 1. The fourth-order valence-corrected chi connectivity index (χ4v) is 1.90. The largest absolute Gasteiger partial charge is 0.464 e. The molecule has 1 aromatic carbocycles. The summed E-state index contributed by atoms with van der Waals surface area (Å²) in [6, 6.07) is 8.68. The second-order valence-corrected chi connectivity index (χ2v) is 4.46. The molecule has 0 amide bonds. The molecule has 19 heavy (non-hydrogen) atoms. The molecule has 0 aliphatic rings. The number of nitrogens with zero attached hydrogens (tertiary/aromatic N) is 1. The molecule has 0 saturated carbocycles. The fourth-order valence-electron chi connectivity index (χ4n) is 1.56. The zero-order chi connectivity index (χ0) is 14.5. The van der Waals surface area contributed by atoms with Gasteiger partial charge in [0.1, 0.15) is 11.4 Å². The van der Waals surface area contributed by atoms with E-state index in [0.29, 0.717) is 5.56 Å². The monoisotopic (exact) mass is 282 g/mol. The van der Waals surface area contributed by atoms with E-state index in [9.17, 15) is 15.3 Å². The molecule has 2 atom stereocenters. The van der Waals surface area contributed by atoms with E-state index in [-0.39, 0.29) is 6.61 Å². The van der Waals surface area contributed by atoms with Gasteiger partial charge in [-0.1, -0.05) is 29.8 Å². The average molecular weight is 283 g/mol. The van der Waals surface area contributed by atoms with Gasteiger partial charge in [0.05, 0.1) is 6.61 Å². The van der Waals surface area contributed by atoms with Crippen LogP contribution < -0.4 is 5.48 Å². The molecule has 0 aliphatic heterocycles. The van der Waals surface area contributed by atoms with Crippen molar-refractivity contribution in [2.75, 3.05) is 6.61 Å². The van der Waals surface area contributed by atoms with Crippen molar-refractivity contribution in [2.24, 2.45) is 0 Å². The van der Waals surface area contributed by atoms with Gasteiger partial charge in [-0.2, -0.15) is 10.7 Å². The molecule has 2 N–H and O–H groups in total. The minimum atomic E-state index is -2.03. The van der Waals surface area contributed by atoms with E-state index in [1.54, 1.807) is 42.7 Å². The van der Waals surface area contributed by atoms with Crippen LogP contribution in [0.2, 0.25) is 0 Å². The summed E-state index contributed by atoms with van der Waals surface area (Å²) in [6.45, 7) is 3.59. The van der Waals surface area contributed by atoms with Gasteiger partial charge in [-0.15, -0.1) is 11.6 Å². The minimum Gasteiger partial charge on any atom is -0.464 e. The number of benzene rings is 1. The van der Waals surface area contributed by atoms with Crippen LogP contribution in [0.5, 0.6) is 0 Å². The highest BCUT2D eigenvalue weighted by molar-refractivity contribution is 6.24. The maximum atomic E-state index is 11.9. The Kier molecular flexibility index (Phi) is 5.31. The van der Waals surface area contributed by atoms with E-state index in [2.05, 4.69) is 0 Å². The van der Waals surface area contributed by atoms with Crippen molar-refractivity contribution in [1.82, 2.24) is 5.48 Å². The van der Waals surface area contributed by atoms with E-state index in [1.807, 2.05) is 6.92 Å². The minimum absolute atomic E-state index is 0.0848. The van der Waals surface area contributed by atoms with Crippen LogP contribution in [-0.2, 0) is 9.53 Å². The summed E-state index contributed by atoms with van der Waals surface area (Å²) < 4.78 is 4.79. The fraction of sp³-hybridized carbons (Fsp3) is 0.385. The van der Waals surface area contributed by atoms with Gasteiger partial charge in [0.2, 0.25) is 5.54 Å². The Morgan fingerprint density at radius 3 is 2.58 bits per heavy atom. The predicted octanol–water partition coefficient (Wildman–Crippen LogP) is 2.08. The third kappa shape index (κ3) is 3.04. The van der Waals surface area contributed by atoms with Crippen molar-refractivity contribution in [1.29, 1.82) is 5.26 Å². The van der Waals surface area contributed by atoms with E-state index in [0.717, 1.165) is 5.56 Å². The van der Waals surface area contributed by atoms with Crippen LogP contribution in [0.15, 0.2) is 24.3 Å². The molecule has 102 valence electrons. The number of carbonyl (C=O) groups is 1. The first-order valence-corrected chi connectivity index (χ1v) is 6.15. The Hall–Kier alpha value is -1.61. The third-order valence-corrected chi connectivity index (χ3v) is 3.28. The number of alkyl halides is 1. The second kappa shape index (κ2) is 6.53. The molecule has 0 spiro atoms. The van der Waals surface area contributed by atoms with Crippen LogP contribution in [0.4, 0.5) is 0 Å². The maximum Gasteiger partial charge on any atom is 0.345 e. The van der Waals surface area contributed by atoms with Gasteiger partial charge < -0.3 is 9.94 Å². The lowest BCUT2D eigenvalue weighted by Gasteiger charge is -2.27. The Morgan fingerprint density at radius 2 is 2.16 bits per heavy atom. The van der Waals surface area contributed by atoms with Gasteiger partial charge in [0.15, 0.2) is 0 Å². The smallest absolute Gasteiger partial charge is 0.345 e. The lowest BCUT2D eigenvalue weighted by Crippen LogP contribution is -2.53. The first-order chi connectivity index (χ1) is 9.01. The molecule has 1 aromatic rings.